The molecule has 3 N–H and O–H groups in total. The summed E-state index contributed by atoms with van der Waals surface area (Å²) in [6.45, 7) is 9.61. The number of hydrogen-bond acceptors (Lipinski definition) is 5. The minimum atomic E-state index is -0.726. The number of rotatable bonds is 11. The van der Waals surface area contributed by atoms with Gasteiger partial charge in [0.05, 0.1) is 25.4 Å². The number of nitrogens with zero attached hydrogens (tertiary/aromatic N) is 1. The van der Waals surface area contributed by atoms with Crippen LogP contribution in [0.1, 0.15) is 52.2 Å². The van der Waals surface area contributed by atoms with E-state index in [1.807, 2.05) is 45.0 Å². The molecule has 0 fully saturated rings. The molecule has 0 radical (unpaired) electrons. The summed E-state index contributed by atoms with van der Waals surface area (Å²) in [4.78, 5) is 15.8. The maximum absolute atomic E-state index is 11.3. The van der Waals surface area contributed by atoms with Gasteiger partial charge in [0.2, 0.25) is 0 Å². The lowest BCUT2D eigenvalue weighted by Gasteiger charge is -2.15. The van der Waals surface area contributed by atoms with Crippen LogP contribution in [0.4, 0.5) is 0 Å². The molecule has 7 heteroatoms. The normalized spacial score (nSPS) is 12.6. The number of nitrogens with one attached hydrogen (secondary N) is 2. The fraction of sp³-hybridized carbons (Fsp3) is 0.600. The van der Waals surface area contributed by atoms with Gasteiger partial charge in [0.15, 0.2) is 5.96 Å². The van der Waals surface area contributed by atoms with Crippen LogP contribution in [0.5, 0.6) is 5.75 Å². The monoisotopic (exact) mass is 379 g/mol. The van der Waals surface area contributed by atoms with Crippen molar-refractivity contribution >= 4 is 11.9 Å². The Labute approximate surface area is 162 Å². The maximum atomic E-state index is 11.3. The second-order valence-corrected chi connectivity index (χ2v) is 6.31. The standard InChI is InChI=1S/C20H33N3O4/c1-5-21-20(22-12-8-11-19(25)26-6-2)23-14-18(24)16-9-7-10-17(13-16)27-15(3)4/h7,9-10,13,15,18,24H,5-6,8,11-12,14H2,1-4H3,(H2,21,22,23). The van der Waals surface area contributed by atoms with Crippen molar-refractivity contribution < 1.29 is 19.4 Å². The summed E-state index contributed by atoms with van der Waals surface area (Å²) in [5.74, 6) is 1.14. The highest BCUT2D eigenvalue weighted by atomic mass is 16.5. The number of esters is 1. The molecular weight excluding hydrogens is 346 g/mol. The van der Waals surface area contributed by atoms with Crippen molar-refractivity contribution in [3.05, 3.63) is 29.8 Å². The average molecular weight is 380 g/mol. The Morgan fingerprint density at radius 1 is 1.26 bits per heavy atom. The first-order valence-corrected chi connectivity index (χ1v) is 9.58. The van der Waals surface area contributed by atoms with Crippen molar-refractivity contribution in [3.63, 3.8) is 0 Å². The minimum Gasteiger partial charge on any atom is -0.491 e. The van der Waals surface area contributed by atoms with Crippen LogP contribution < -0.4 is 15.4 Å². The van der Waals surface area contributed by atoms with E-state index in [-0.39, 0.29) is 18.6 Å². The topological polar surface area (TPSA) is 92.2 Å². The fourth-order valence-corrected chi connectivity index (χ4v) is 2.36. The van der Waals surface area contributed by atoms with Gasteiger partial charge in [-0.2, -0.15) is 0 Å². The van der Waals surface area contributed by atoms with Crippen LogP contribution in [-0.4, -0.2) is 49.4 Å². The van der Waals surface area contributed by atoms with E-state index in [4.69, 9.17) is 9.47 Å². The van der Waals surface area contributed by atoms with Crippen molar-refractivity contribution in [2.75, 3.05) is 26.2 Å². The second-order valence-electron chi connectivity index (χ2n) is 6.31. The average Bonchev–Trinajstić information content (AvgIpc) is 2.62. The van der Waals surface area contributed by atoms with E-state index in [0.717, 1.165) is 11.3 Å². The lowest BCUT2D eigenvalue weighted by Crippen LogP contribution is -2.38. The van der Waals surface area contributed by atoms with Gasteiger partial charge < -0.3 is 25.2 Å². The largest absolute Gasteiger partial charge is 0.491 e. The number of aliphatic hydroxyl groups excluding tert-OH is 1. The van der Waals surface area contributed by atoms with Crippen molar-refractivity contribution in [1.29, 1.82) is 0 Å². The lowest BCUT2D eigenvalue weighted by atomic mass is 10.1. The number of carbonyl (C=O) groups excluding carboxylic acids is 1. The molecular formula is C20H33N3O4. The number of hydrogen-bond donors (Lipinski definition) is 3. The summed E-state index contributed by atoms with van der Waals surface area (Å²) in [5, 5.41) is 16.7. The fourth-order valence-electron chi connectivity index (χ4n) is 2.36. The Bertz CT molecular complexity index is 590. The molecule has 0 spiro atoms. The molecule has 7 nitrogen and oxygen atoms in total. The number of ether oxygens (including phenoxy) is 2. The highest BCUT2D eigenvalue weighted by Crippen LogP contribution is 2.20. The van der Waals surface area contributed by atoms with E-state index in [1.165, 1.54) is 0 Å². The first kappa shape index (κ1) is 22.8. The van der Waals surface area contributed by atoms with Crippen molar-refractivity contribution in [2.45, 2.75) is 52.7 Å². The summed E-state index contributed by atoms with van der Waals surface area (Å²) in [5.41, 5.74) is 0.759. The quantitative estimate of drug-likeness (QED) is 0.237. The third-order valence-electron chi connectivity index (χ3n) is 3.54. The van der Waals surface area contributed by atoms with E-state index in [9.17, 15) is 9.90 Å². The van der Waals surface area contributed by atoms with Crippen molar-refractivity contribution in [2.24, 2.45) is 4.99 Å². The van der Waals surface area contributed by atoms with E-state index >= 15 is 0 Å². The van der Waals surface area contributed by atoms with Crippen molar-refractivity contribution in [1.82, 2.24) is 10.6 Å². The van der Waals surface area contributed by atoms with Gasteiger partial charge in [0, 0.05) is 19.5 Å². The number of guanidine groups is 1. The molecule has 0 amide bonds. The van der Waals surface area contributed by atoms with Gasteiger partial charge in [0.1, 0.15) is 5.75 Å². The highest BCUT2D eigenvalue weighted by Gasteiger charge is 2.09. The lowest BCUT2D eigenvalue weighted by molar-refractivity contribution is -0.143. The van der Waals surface area contributed by atoms with Gasteiger partial charge in [0.25, 0.3) is 0 Å². The predicted molar refractivity (Wildman–Crippen MR) is 107 cm³/mol. The van der Waals surface area contributed by atoms with Gasteiger partial charge in [-0.25, -0.2) is 0 Å². The predicted octanol–water partition coefficient (Wildman–Crippen LogP) is 2.41. The zero-order chi connectivity index (χ0) is 20.1. The van der Waals surface area contributed by atoms with Gasteiger partial charge in [-0.15, -0.1) is 0 Å². The SMILES string of the molecule is CCNC(=NCC(O)c1cccc(OC(C)C)c1)NCCCC(=O)OCC. The Kier molecular flexibility index (Phi) is 10.9. The van der Waals surface area contributed by atoms with Crippen LogP contribution >= 0.6 is 0 Å². The molecule has 1 aromatic rings. The third kappa shape index (κ3) is 9.84. The Hall–Kier alpha value is -2.28. The summed E-state index contributed by atoms with van der Waals surface area (Å²) in [7, 11) is 0. The maximum Gasteiger partial charge on any atom is 0.305 e. The molecule has 0 aliphatic heterocycles. The second kappa shape index (κ2) is 13.0. The molecule has 1 rings (SSSR count). The summed E-state index contributed by atoms with van der Waals surface area (Å²) < 4.78 is 10.6. The van der Waals surface area contributed by atoms with E-state index in [2.05, 4.69) is 15.6 Å². The summed E-state index contributed by atoms with van der Waals surface area (Å²) in [6, 6.07) is 7.42. The summed E-state index contributed by atoms with van der Waals surface area (Å²) in [6.07, 6.45) is 0.372. The van der Waals surface area contributed by atoms with E-state index in [1.54, 1.807) is 6.92 Å². The van der Waals surface area contributed by atoms with Crippen LogP contribution in [-0.2, 0) is 9.53 Å². The first-order chi connectivity index (χ1) is 13.0. The number of aliphatic hydroxyl groups is 1. The molecule has 0 aliphatic carbocycles. The van der Waals surface area contributed by atoms with Crippen LogP contribution in [0.2, 0.25) is 0 Å². The molecule has 1 atom stereocenters. The molecule has 0 heterocycles. The van der Waals surface area contributed by atoms with E-state index < -0.39 is 6.10 Å². The Morgan fingerprint density at radius 2 is 2.04 bits per heavy atom. The molecule has 0 saturated heterocycles. The van der Waals surface area contributed by atoms with Gasteiger partial charge in [-0.3, -0.25) is 9.79 Å². The zero-order valence-corrected chi connectivity index (χ0v) is 16.8. The third-order valence-corrected chi connectivity index (χ3v) is 3.54. The summed E-state index contributed by atoms with van der Waals surface area (Å²) >= 11 is 0. The number of carbonyl (C=O) groups is 1. The van der Waals surface area contributed by atoms with Crippen LogP contribution in [0.25, 0.3) is 0 Å². The molecule has 27 heavy (non-hydrogen) atoms. The first-order valence-electron chi connectivity index (χ1n) is 9.58. The molecule has 0 aromatic heterocycles. The van der Waals surface area contributed by atoms with Crippen LogP contribution in [0, 0.1) is 0 Å². The Morgan fingerprint density at radius 3 is 2.70 bits per heavy atom. The highest BCUT2D eigenvalue weighted by molar-refractivity contribution is 5.79. The van der Waals surface area contributed by atoms with Crippen molar-refractivity contribution in [3.8, 4) is 5.75 Å². The minimum absolute atomic E-state index is 0.0783. The van der Waals surface area contributed by atoms with Gasteiger partial charge in [-0.1, -0.05) is 12.1 Å². The van der Waals surface area contributed by atoms with Gasteiger partial charge >= 0.3 is 5.97 Å². The molecule has 0 saturated carbocycles. The zero-order valence-electron chi connectivity index (χ0n) is 16.8. The van der Waals surface area contributed by atoms with Gasteiger partial charge in [-0.05, 0) is 51.8 Å². The number of benzene rings is 1. The Balaban J connectivity index is 2.54. The van der Waals surface area contributed by atoms with E-state index in [0.29, 0.717) is 38.5 Å². The van der Waals surface area contributed by atoms with Crippen LogP contribution in [0.15, 0.2) is 29.3 Å². The molecule has 152 valence electrons. The molecule has 1 unspecified atom stereocenters. The van der Waals surface area contributed by atoms with Crippen LogP contribution in [0.3, 0.4) is 0 Å². The molecule has 1 aromatic carbocycles. The smallest absolute Gasteiger partial charge is 0.305 e. The molecule has 0 bridgehead atoms. The number of aliphatic imine (C=N–C) groups is 1. The molecule has 0 aliphatic rings.